The van der Waals surface area contributed by atoms with Crippen LogP contribution < -0.4 is 10.9 Å². The van der Waals surface area contributed by atoms with Crippen molar-refractivity contribution in [3.63, 3.8) is 0 Å². The monoisotopic (exact) mass is 445 g/mol. The molecule has 0 spiro atoms. The predicted octanol–water partition coefficient (Wildman–Crippen LogP) is 2.04. The van der Waals surface area contributed by atoms with Crippen molar-refractivity contribution >= 4 is 27.6 Å². The lowest BCUT2D eigenvalue weighted by Gasteiger charge is -2.17. The predicted molar refractivity (Wildman–Crippen MR) is 117 cm³/mol. The van der Waals surface area contributed by atoms with E-state index in [1.807, 2.05) is 26.8 Å². The molecular weight excluding hydrogens is 418 g/mol. The third-order valence-corrected chi connectivity index (χ3v) is 6.66. The molecule has 0 saturated heterocycles. The summed E-state index contributed by atoms with van der Waals surface area (Å²) in [5.41, 5.74) is 7.89. The molecule has 2 aromatic rings. The number of carbonyl (C=O) groups is 3. The summed E-state index contributed by atoms with van der Waals surface area (Å²) >= 11 is 0. The van der Waals surface area contributed by atoms with Crippen LogP contribution in [0.5, 0.6) is 0 Å². The number of hydrogen-bond acceptors (Lipinski definition) is 5. The number of nitrogens with zero attached hydrogens (tertiary/aromatic N) is 1. The molecule has 0 aliphatic rings. The molecule has 2 aromatic carbocycles. The van der Waals surface area contributed by atoms with E-state index in [0.717, 1.165) is 21.0 Å². The summed E-state index contributed by atoms with van der Waals surface area (Å²) in [6.07, 6.45) is -0.116. The number of Topliss-reactive ketones (excluding diaryl/α,β-unsaturated/α-hetero) is 1. The average molecular weight is 446 g/mol. The molecule has 0 unspecified atom stereocenters. The Balaban J connectivity index is 1.80. The van der Waals surface area contributed by atoms with Crippen LogP contribution in [0.15, 0.2) is 47.4 Å². The summed E-state index contributed by atoms with van der Waals surface area (Å²) in [7, 11) is -2.56. The quantitative estimate of drug-likeness (QED) is 0.477. The van der Waals surface area contributed by atoms with Gasteiger partial charge in [-0.2, -0.15) is 4.31 Å². The Morgan fingerprint density at radius 3 is 2.06 bits per heavy atom. The summed E-state index contributed by atoms with van der Waals surface area (Å²) in [5.74, 6) is -1.42. The van der Waals surface area contributed by atoms with Crippen LogP contribution in [0.2, 0.25) is 0 Å². The molecule has 0 radical (unpaired) electrons. The number of ketones is 1. The first kappa shape index (κ1) is 24.2. The van der Waals surface area contributed by atoms with E-state index in [1.54, 1.807) is 24.3 Å². The molecule has 8 nitrogen and oxygen atoms in total. The summed E-state index contributed by atoms with van der Waals surface area (Å²) in [6.45, 7) is 5.22. The largest absolute Gasteiger partial charge is 0.294 e. The molecule has 0 aliphatic carbocycles. The van der Waals surface area contributed by atoms with E-state index < -0.39 is 28.4 Å². The highest BCUT2D eigenvalue weighted by molar-refractivity contribution is 7.89. The van der Waals surface area contributed by atoms with Crippen LogP contribution in [0.4, 0.5) is 0 Å². The van der Waals surface area contributed by atoms with Crippen molar-refractivity contribution < 1.29 is 22.8 Å². The number of amides is 2. The van der Waals surface area contributed by atoms with Gasteiger partial charge in [-0.15, -0.1) is 0 Å². The fourth-order valence-electron chi connectivity index (χ4n) is 2.71. The van der Waals surface area contributed by atoms with Crippen LogP contribution in [0.1, 0.15) is 39.9 Å². The zero-order chi connectivity index (χ0) is 23.2. The van der Waals surface area contributed by atoms with E-state index >= 15 is 0 Å². The third kappa shape index (κ3) is 6.73. The van der Waals surface area contributed by atoms with Gasteiger partial charge in [0.05, 0.1) is 11.4 Å². The molecule has 166 valence electrons. The van der Waals surface area contributed by atoms with Crippen LogP contribution >= 0.6 is 0 Å². The molecule has 2 amide bonds. The van der Waals surface area contributed by atoms with Crippen LogP contribution in [0.3, 0.4) is 0 Å². The summed E-state index contributed by atoms with van der Waals surface area (Å²) in [5, 5.41) is 0. The number of hydrazine groups is 1. The Labute approximate surface area is 182 Å². The normalized spacial score (nSPS) is 11.3. The maximum atomic E-state index is 12.5. The lowest BCUT2D eigenvalue weighted by molar-refractivity contribution is -0.128. The minimum Gasteiger partial charge on any atom is -0.294 e. The molecule has 0 aromatic heterocycles. The Morgan fingerprint density at radius 1 is 0.839 bits per heavy atom. The van der Waals surface area contributed by atoms with E-state index in [1.165, 1.54) is 19.2 Å². The van der Waals surface area contributed by atoms with Crippen LogP contribution in [-0.2, 0) is 19.6 Å². The number of hydrogen-bond donors (Lipinski definition) is 2. The van der Waals surface area contributed by atoms with E-state index in [9.17, 15) is 22.8 Å². The van der Waals surface area contributed by atoms with E-state index in [4.69, 9.17) is 0 Å². The second kappa shape index (κ2) is 10.3. The number of likely N-dealkylation sites (N-methyl/N-ethyl adjacent to an activating group) is 1. The first-order chi connectivity index (χ1) is 14.5. The van der Waals surface area contributed by atoms with Crippen molar-refractivity contribution in [1.82, 2.24) is 15.2 Å². The van der Waals surface area contributed by atoms with Crippen LogP contribution in [0, 0.1) is 20.8 Å². The SMILES string of the molecule is Cc1ccc(S(=O)(=O)N(C)CC(=O)NNC(=O)CCC(=O)c2ccc(C)c(C)c2)cc1. The minimum absolute atomic E-state index is 0.00803. The highest BCUT2D eigenvalue weighted by atomic mass is 32.2. The molecular formula is C22H27N3O5S. The van der Waals surface area contributed by atoms with E-state index in [-0.39, 0.29) is 23.5 Å². The zero-order valence-corrected chi connectivity index (χ0v) is 18.9. The lowest BCUT2D eigenvalue weighted by Crippen LogP contribution is -2.46. The number of benzene rings is 2. The van der Waals surface area contributed by atoms with Crippen molar-refractivity contribution in [2.75, 3.05) is 13.6 Å². The maximum Gasteiger partial charge on any atom is 0.253 e. The summed E-state index contributed by atoms with van der Waals surface area (Å²) < 4.78 is 25.9. The van der Waals surface area contributed by atoms with Crippen LogP contribution in [-0.4, -0.2) is 43.9 Å². The number of nitrogens with one attached hydrogen (secondary N) is 2. The van der Waals surface area contributed by atoms with Crippen molar-refractivity contribution in [2.45, 2.75) is 38.5 Å². The third-order valence-electron chi connectivity index (χ3n) is 4.84. The van der Waals surface area contributed by atoms with Gasteiger partial charge in [-0.3, -0.25) is 25.2 Å². The molecule has 2 rings (SSSR count). The molecule has 0 heterocycles. The second-order valence-electron chi connectivity index (χ2n) is 7.39. The molecule has 0 atom stereocenters. The topological polar surface area (TPSA) is 113 Å². The average Bonchev–Trinajstić information content (AvgIpc) is 2.72. The lowest BCUT2D eigenvalue weighted by atomic mass is 10.0. The van der Waals surface area contributed by atoms with Gasteiger partial charge in [-0.1, -0.05) is 29.8 Å². The van der Waals surface area contributed by atoms with Gasteiger partial charge in [0, 0.05) is 25.5 Å². The highest BCUT2D eigenvalue weighted by Gasteiger charge is 2.23. The fraction of sp³-hybridized carbons (Fsp3) is 0.318. The van der Waals surface area contributed by atoms with Gasteiger partial charge < -0.3 is 0 Å². The Bertz CT molecular complexity index is 1080. The van der Waals surface area contributed by atoms with Gasteiger partial charge in [0.15, 0.2) is 5.78 Å². The number of rotatable bonds is 8. The van der Waals surface area contributed by atoms with Gasteiger partial charge in [0.1, 0.15) is 0 Å². The maximum absolute atomic E-state index is 12.5. The number of carbonyl (C=O) groups excluding carboxylic acids is 3. The van der Waals surface area contributed by atoms with E-state index in [2.05, 4.69) is 10.9 Å². The van der Waals surface area contributed by atoms with E-state index in [0.29, 0.717) is 5.56 Å². The van der Waals surface area contributed by atoms with Crippen LogP contribution in [0.25, 0.3) is 0 Å². The number of aryl methyl sites for hydroxylation is 3. The van der Waals surface area contributed by atoms with Crippen molar-refractivity contribution in [2.24, 2.45) is 0 Å². The second-order valence-corrected chi connectivity index (χ2v) is 9.44. The zero-order valence-electron chi connectivity index (χ0n) is 18.1. The molecule has 0 bridgehead atoms. The first-order valence-corrected chi connectivity index (χ1v) is 11.2. The smallest absolute Gasteiger partial charge is 0.253 e. The minimum atomic E-state index is -3.83. The first-order valence-electron chi connectivity index (χ1n) is 9.72. The van der Waals surface area contributed by atoms with Gasteiger partial charge in [-0.25, -0.2) is 8.42 Å². The molecule has 2 N–H and O–H groups in total. The molecule has 31 heavy (non-hydrogen) atoms. The Morgan fingerprint density at radius 2 is 1.45 bits per heavy atom. The molecule has 9 heteroatoms. The summed E-state index contributed by atoms with van der Waals surface area (Å²) in [4.78, 5) is 36.2. The van der Waals surface area contributed by atoms with Gasteiger partial charge in [0.25, 0.3) is 5.91 Å². The fourth-order valence-corrected chi connectivity index (χ4v) is 3.83. The standard InChI is InChI=1S/C22H27N3O5S/c1-15-5-9-19(10-6-15)31(29,30)25(4)14-22(28)24-23-21(27)12-11-20(26)18-8-7-16(2)17(3)13-18/h5-10,13H,11-12,14H2,1-4H3,(H,23,27)(H,24,28). The van der Waals surface area contributed by atoms with Gasteiger partial charge >= 0.3 is 0 Å². The molecule has 0 saturated carbocycles. The number of sulfonamides is 1. The Kier molecular flexibility index (Phi) is 8.07. The van der Waals surface area contributed by atoms with Crippen molar-refractivity contribution in [1.29, 1.82) is 0 Å². The highest BCUT2D eigenvalue weighted by Crippen LogP contribution is 2.15. The Hall–Kier alpha value is -3.04. The molecule has 0 aliphatic heterocycles. The molecule has 0 fully saturated rings. The summed E-state index contributed by atoms with van der Waals surface area (Å²) in [6, 6.07) is 11.6. The van der Waals surface area contributed by atoms with Gasteiger partial charge in [0.2, 0.25) is 15.9 Å². The van der Waals surface area contributed by atoms with Gasteiger partial charge in [-0.05, 0) is 50.1 Å². The van der Waals surface area contributed by atoms with Crippen molar-refractivity contribution in [3.8, 4) is 0 Å². The van der Waals surface area contributed by atoms with Crippen molar-refractivity contribution in [3.05, 3.63) is 64.7 Å².